The van der Waals surface area contributed by atoms with E-state index >= 15 is 0 Å². The third kappa shape index (κ3) is 4.21. The maximum atomic E-state index is 13.5. The first kappa shape index (κ1) is 22.3. The van der Waals surface area contributed by atoms with Crippen LogP contribution in [0, 0.1) is 0 Å². The van der Waals surface area contributed by atoms with Gasteiger partial charge >= 0.3 is 5.97 Å². The van der Waals surface area contributed by atoms with Gasteiger partial charge in [-0.2, -0.15) is 0 Å². The Morgan fingerprint density at radius 3 is 2.69 bits per heavy atom. The molecule has 5 nitrogen and oxygen atoms in total. The van der Waals surface area contributed by atoms with Gasteiger partial charge in [-0.1, -0.05) is 83.6 Å². The van der Waals surface area contributed by atoms with E-state index in [4.69, 9.17) is 27.9 Å². The van der Waals surface area contributed by atoms with Crippen molar-refractivity contribution in [3.63, 3.8) is 0 Å². The van der Waals surface area contributed by atoms with Crippen molar-refractivity contribution in [2.24, 2.45) is 4.99 Å². The fourth-order valence-electron chi connectivity index (χ4n) is 3.51. The predicted molar refractivity (Wildman–Crippen MR) is 128 cm³/mol. The molecular formula is C24H18Cl2N2O3S. The topological polar surface area (TPSA) is 60.7 Å². The van der Waals surface area contributed by atoms with E-state index in [1.807, 2.05) is 30.3 Å². The SMILES string of the molecule is C=CCOC(=O)C1=C(C)N=c2s/c(=C\c3ccc(Cl)cc3Cl)c(=O)n2[C@H]1c1ccccc1. The Hall–Kier alpha value is -2.93. The minimum atomic E-state index is -0.660. The lowest BCUT2D eigenvalue weighted by molar-refractivity contribution is -0.138. The highest BCUT2D eigenvalue weighted by molar-refractivity contribution is 7.07. The number of benzene rings is 2. The number of thiazole rings is 1. The van der Waals surface area contributed by atoms with Crippen LogP contribution in [0.15, 0.2) is 82.2 Å². The Bertz CT molecular complexity index is 1420. The van der Waals surface area contributed by atoms with Crippen molar-refractivity contribution in [3.05, 3.63) is 113 Å². The number of nitrogens with zero attached hydrogens (tertiary/aromatic N) is 2. The zero-order valence-corrected chi connectivity index (χ0v) is 19.4. The normalized spacial score (nSPS) is 15.8. The molecule has 0 amide bonds. The molecule has 0 N–H and O–H groups in total. The van der Waals surface area contributed by atoms with Gasteiger partial charge in [0.1, 0.15) is 6.61 Å². The molecule has 1 aliphatic heterocycles. The molecular weight excluding hydrogens is 467 g/mol. The molecule has 8 heteroatoms. The highest BCUT2D eigenvalue weighted by atomic mass is 35.5. The van der Waals surface area contributed by atoms with Gasteiger partial charge in [-0.05, 0) is 36.3 Å². The average molecular weight is 485 g/mol. The van der Waals surface area contributed by atoms with Crippen LogP contribution in [0.4, 0.5) is 0 Å². The summed E-state index contributed by atoms with van der Waals surface area (Å²) >= 11 is 13.5. The lowest BCUT2D eigenvalue weighted by atomic mass is 9.96. The molecule has 3 aromatic rings. The Labute approximate surface area is 198 Å². The van der Waals surface area contributed by atoms with Gasteiger partial charge in [-0.15, -0.1) is 0 Å². The minimum Gasteiger partial charge on any atom is -0.458 e. The molecule has 162 valence electrons. The molecule has 2 aromatic carbocycles. The van der Waals surface area contributed by atoms with Crippen LogP contribution in [0.2, 0.25) is 10.0 Å². The fraction of sp³-hybridized carbons (Fsp3) is 0.125. The Kier molecular flexibility index (Phi) is 6.46. The summed E-state index contributed by atoms with van der Waals surface area (Å²) in [4.78, 5) is 31.5. The molecule has 0 saturated carbocycles. The summed E-state index contributed by atoms with van der Waals surface area (Å²) < 4.78 is 7.29. The zero-order chi connectivity index (χ0) is 22.8. The first-order valence-electron chi connectivity index (χ1n) is 9.71. The molecule has 1 aliphatic rings. The van der Waals surface area contributed by atoms with Crippen LogP contribution in [-0.4, -0.2) is 17.1 Å². The maximum Gasteiger partial charge on any atom is 0.338 e. The summed E-state index contributed by atoms with van der Waals surface area (Å²) in [6, 6.07) is 13.8. The summed E-state index contributed by atoms with van der Waals surface area (Å²) in [5, 5.41) is 0.948. The van der Waals surface area contributed by atoms with Gasteiger partial charge < -0.3 is 4.74 Å². The second kappa shape index (κ2) is 9.28. The number of ether oxygens (including phenoxy) is 1. The van der Waals surface area contributed by atoms with E-state index in [2.05, 4.69) is 11.6 Å². The monoisotopic (exact) mass is 484 g/mol. The van der Waals surface area contributed by atoms with Crippen molar-refractivity contribution in [1.29, 1.82) is 0 Å². The molecule has 0 unspecified atom stereocenters. The molecule has 1 atom stereocenters. The second-order valence-electron chi connectivity index (χ2n) is 7.05. The molecule has 0 spiro atoms. The molecule has 0 radical (unpaired) electrons. The first-order chi connectivity index (χ1) is 15.4. The van der Waals surface area contributed by atoms with Crippen molar-refractivity contribution in [1.82, 2.24) is 4.57 Å². The number of aromatic nitrogens is 1. The maximum absolute atomic E-state index is 13.5. The van der Waals surface area contributed by atoms with Crippen LogP contribution in [-0.2, 0) is 9.53 Å². The van der Waals surface area contributed by atoms with Gasteiger partial charge in [0.2, 0.25) is 0 Å². The predicted octanol–water partition coefficient (Wildman–Crippen LogP) is 4.27. The van der Waals surface area contributed by atoms with Crippen LogP contribution < -0.4 is 14.9 Å². The summed E-state index contributed by atoms with van der Waals surface area (Å²) in [5.74, 6) is -0.532. The summed E-state index contributed by atoms with van der Waals surface area (Å²) in [7, 11) is 0. The van der Waals surface area contributed by atoms with E-state index < -0.39 is 12.0 Å². The summed E-state index contributed by atoms with van der Waals surface area (Å²) in [5.41, 5.74) is 2.00. The van der Waals surface area contributed by atoms with E-state index in [1.54, 1.807) is 31.2 Å². The average Bonchev–Trinajstić information content (AvgIpc) is 3.08. The van der Waals surface area contributed by atoms with E-state index in [0.29, 0.717) is 36.2 Å². The van der Waals surface area contributed by atoms with Crippen LogP contribution in [0.1, 0.15) is 24.1 Å². The largest absolute Gasteiger partial charge is 0.458 e. The number of rotatable bonds is 5. The quantitative estimate of drug-likeness (QED) is 0.401. The van der Waals surface area contributed by atoms with Crippen LogP contribution >= 0.6 is 34.5 Å². The van der Waals surface area contributed by atoms with Gasteiger partial charge in [-0.3, -0.25) is 9.36 Å². The molecule has 32 heavy (non-hydrogen) atoms. The lowest BCUT2D eigenvalue weighted by Crippen LogP contribution is -2.39. The number of carbonyl (C=O) groups is 1. The Morgan fingerprint density at radius 1 is 1.25 bits per heavy atom. The second-order valence-corrected chi connectivity index (χ2v) is 8.90. The van der Waals surface area contributed by atoms with Crippen molar-refractivity contribution in [2.45, 2.75) is 13.0 Å². The van der Waals surface area contributed by atoms with E-state index in [1.165, 1.54) is 22.0 Å². The molecule has 0 bridgehead atoms. The molecule has 2 heterocycles. The van der Waals surface area contributed by atoms with Crippen molar-refractivity contribution < 1.29 is 9.53 Å². The minimum absolute atomic E-state index is 0.0661. The van der Waals surface area contributed by atoms with E-state index in [9.17, 15) is 9.59 Å². The number of hydrogen-bond donors (Lipinski definition) is 0. The van der Waals surface area contributed by atoms with E-state index in [-0.39, 0.29) is 12.2 Å². The molecule has 4 rings (SSSR count). The van der Waals surface area contributed by atoms with Crippen LogP contribution in [0.3, 0.4) is 0 Å². The standard InChI is InChI=1S/C24H18Cl2N2O3S/c1-3-11-31-23(30)20-14(2)27-24-28(21(20)15-7-5-4-6-8-15)22(29)19(32-24)12-16-9-10-17(25)13-18(16)26/h3-10,12-13,21H,1,11H2,2H3/b19-12-/t21-/m0/s1. The van der Waals surface area contributed by atoms with Crippen LogP contribution in [0.5, 0.6) is 0 Å². The lowest BCUT2D eigenvalue weighted by Gasteiger charge is -2.24. The highest BCUT2D eigenvalue weighted by Crippen LogP contribution is 2.30. The van der Waals surface area contributed by atoms with Gasteiger partial charge in [0, 0.05) is 10.0 Å². The number of fused-ring (bicyclic) bond motifs is 1. The molecule has 0 aliphatic carbocycles. The number of carbonyl (C=O) groups excluding carboxylic acids is 1. The van der Waals surface area contributed by atoms with Crippen molar-refractivity contribution >= 4 is 46.6 Å². The smallest absolute Gasteiger partial charge is 0.338 e. The van der Waals surface area contributed by atoms with Gasteiger partial charge in [0.15, 0.2) is 4.80 Å². The Balaban J connectivity index is 1.94. The molecule has 1 aromatic heterocycles. The number of hydrogen-bond acceptors (Lipinski definition) is 5. The first-order valence-corrected chi connectivity index (χ1v) is 11.3. The third-order valence-corrected chi connectivity index (χ3v) is 6.48. The number of allylic oxidation sites excluding steroid dienone is 1. The van der Waals surface area contributed by atoms with Gasteiger partial charge in [0.05, 0.1) is 21.8 Å². The highest BCUT2D eigenvalue weighted by Gasteiger charge is 2.33. The summed E-state index contributed by atoms with van der Waals surface area (Å²) in [6.07, 6.45) is 3.20. The Morgan fingerprint density at radius 2 is 2.00 bits per heavy atom. The zero-order valence-electron chi connectivity index (χ0n) is 17.0. The van der Waals surface area contributed by atoms with E-state index in [0.717, 1.165) is 5.56 Å². The fourth-order valence-corrected chi connectivity index (χ4v) is 5.01. The van der Waals surface area contributed by atoms with Gasteiger partial charge in [-0.25, -0.2) is 9.79 Å². The van der Waals surface area contributed by atoms with Crippen molar-refractivity contribution in [2.75, 3.05) is 6.61 Å². The van der Waals surface area contributed by atoms with Crippen molar-refractivity contribution in [3.8, 4) is 0 Å². The summed E-state index contributed by atoms with van der Waals surface area (Å²) in [6.45, 7) is 5.40. The molecule has 0 saturated heterocycles. The van der Waals surface area contributed by atoms with Gasteiger partial charge in [0.25, 0.3) is 5.56 Å². The number of halogens is 2. The molecule has 0 fully saturated rings. The number of esters is 1. The van der Waals surface area contributed by atoms with Crippen LogP contribution in [0.25, 0.3) is 6.08 Å². The third-order valence-electron chi connectivity index (χ3n) is 4.94.